The number of para-hydroxylation sites is 1. The molecule has 1 aliphatic heterocycles. The molecule has 0 aliphatic carbocycles. The standard InChI is InChI=1S/C26H36N2O4S/c1-7-22(28(33(6,30)31)23-16-18(4)14-15-19(23)5)25(29)27-21-17-26(8-2,9-3)32-24-13-11-10-12-20(21)24/h10-16,21-22H,7-9,17H2,1-6H3,(H,27,29)/t21-,22+/m1/s1. The maximum Gasteiger partial charge on any atom is 0.244 e. The molecule has 1 amide bonds. The average molecular weight is 473 g/mol. The first-order chi connectivity index (χ1) is 15.5. The molecule has 0 radical (unpaired) electrons. The van der Waals surface area contributed by atoms with E-state index in [9.17, 15) is 13.2 Å². The number of ether oxygens (including phenoxy) is 1. The number of carbonyl (C=O) groups excluding carboxylic acids is 1. The zero-order valence-electron chi connectivity index (χ0n) is 20.5. The molecule has 0 spiro atoms. The van der Waals surface area contributed by atoms with Crippen molar-refractivity contribution in [2.75, 3.05) is 10.6 Å². The first-order valence-corrected chi connectivity index (χ1v) is 13.5. The summed E-state index contributed by atoms with van der Waals surface area (Å²) in [6, 6.07) is 12.3. The van der Waals surface area contributed by atoms with Crippen LogP contribution in [-0.4, -0.2) is 32.2 Å². The van der Waals surface area contributed by atoms with Crippen LogP contribution in [0.3, 0.4) is 0 Å². The topological polar surface area (TPSA) is 75.7 Å². The van der Waals surface area contributed by atoms with Crippen molar-refractivity contribution >= 4 is 21.6 Å². The monoisotopic (exact) mass is 472 g/mol. The molecule has 2 aromatic carbocycles. The minimum atomic E-state index is -3.70. The molecule has 7 heteroatoms. The summed E-state index contributed by atoms with van der Waals surface area (Å²) < 4.78 is 33.5. The Hall–Kier alpha value is -2.54. The molecule has 3 rings (SSSR count). The molecule has 0 fully saturated rings. The fourth-order valence-corrected chi connectivity index (χ4v) is 5.95. The molecule has 180 valence electrons. The number of nitrogens with one attached hydrogen (secondary N) is 1. The van der Waals surface area contributed by atoms with Crippen LogP contribution in [0, 0.1) is 13.8 Å². The Balaban J connectivity index is 1.99. The number of fused-ring (bicyclic) bond motifs is 1. The average Bonchev–Trinajstić information content (AvgIpc) is 2.78. The molecule has 2 atom stereocenters. The Bertz CT molecular complexity index is 1110. The summed E-state index contributed by atoms with van der Waals surface area (Å²) in [7, 11) is -3.70. The molecule has 2 aromatic rings. The van der Waals surface area contributed by atoms with Crippen LogP contribution in [0.1, 0.15) is 69.2 Å². The summed E-state index contributed by atoms with van der Waals surface area (Å²) in [5.74, 6) is 0.479. The van der Waals surface area contributed by atoms with Gasteiger partial charge in [0.15, 0.2) is 0 Å². The lowest BCUT2D eigenvalue weighted by Crippen LogP contribution is -2.52. The Morgan fingerprint density at radius 3 is 2.42 bits per heavy atom. The minimum absolute atomic E-state index is 0.253. The second-order valence-electron chi connectivity index (χ2n) is 9.07. The zero-order valence-corrected chi connectivity index (χ0v) is 21.3. The number of anilines is 1. The Labute approximate surface area is 198 Å². The van der Waals surface area contributed by atoms with Gasteiger partial charge in [0.2, 0.25) is 15.9 Å². The van der Waals surface area contributed by atoms with Crippen molar-refractivity contribution in [3.8, 4) is 5.75 Å². The van der Waals surface area contributed by atoms with Gasteiger partial charge in [0, 0.05) is 12.0 Å². The van der Waals surface area contributed by atoms with Gasteiger partial charge in [-0.25, -0.2) is 8.42 Å². The van der Waals surface area contributed by atoms with Gasteiger partial charge < -0.3 is 10.1 Å². The number of hydrogen-bond donors (Lipinski definition) is 1. The second-order valence-corrected chi connectivity index (χ2v) is 10.9. The number of sulfonamides is 1. The number of rotatable bonds is 8. The van der Waals surface area contributed by atoms with Crippen LogP contribution < -0.4 is 14.4 Å². The fourth-order valence-electron chi connectivity index (χ4n) is 4.69. The predicted octanol–water partition coefficient (Wildman–Crippen LogP) is 5.05. The third-order valence-electron chi connectivity index (χ3n) is 6.73. The molecular formula is C26H36N2O4S. The van der Waals surface area contributed by atoms with Crippen LogP contribution in [0.5, 0.6) is 5.75 Å². The molecule has 0 aromatic heterocycles. The predicted molar refractivity (Wildman–Crippen MR) is 133 cm³/mol. The van der Waals surface area contributed by atoms with Crippen molar-refractivity contribution in [3.63, 3.8) is 0 Å². The van der Waals surface area contributed by atoms with Crippen molar-refractivity contribution in [1.29, 1.82) is 0 Å². The third-order valence-corrected chi connectivity index (χ3v) is 7.90. The van der Waals surface area contributed by atoms with Gasteiger partial charge in [0.05, 0.1) is 18.0 Å². The number of nitrogens with zero attached hydrogens (tertiary/aromatic N) is 1. The summed E-state index contributed by atoms with van der Waals surface area (Å²) in [6.07, 6.45) is 3.79. The van der Waals surface area contributed by atoms with E-state index in [-0.39, 0.29) is 17.6 Å². The van der Waals surface area contributed by atoms with Crippen LogP contribution in [0.2, 0.25) is 0 Å². The molecule has 0 bridgehead atoms. The van der Waals surface area contributed by atoms with E-state index in [1.54, 1.807) is 0 Å². The highest BCUT2D eigenvalue weighted by Gasteiger charge is 2.40. The Morgan fingerprint density at radius 2 is 1.82 bits per heavy atom. The maximum absolute atomic E-state index is 13.6. The molecule has 33 heavy (non-hydrogen) atoms. The first kappa shape index (κ1) is 25.1. The lowest BCUT2D eigenvalue weighted by Gasteiger charge is -2.42. The lowest BCUT2D eigenvalue weighted by molar-refractivity contribution is -0.123. The van der Waals surface area contributed by atoms with Crippen LogP contribution in [-0.2, 0) is 14.8 Å². The highest BCUT2D eigenvalue weighted by molar-refractivity contribution is 7.92. The highest BCUT2D eigenvalue weighted by Crippen LogP contribution is 2.42. The third kappa shape index (κ3) is 5.18. The number of carbonyl (C=O) groups is 1. The van der Waals surface area contributed by atoms with E-state index < -0.39 is 16.1 Å². The summed E-state index contributed by atoms with van der Waals surface area (Å²) in [6.45, 7) is 9.81. The fraction of sp³-hybridized carbons (Fsp3) is 0.500. The Morgan fingerprint density at radius 1 is 1.15 bits per heavy atom. The highest BCUT2D eigenvalue weighted by atomic mass is 32.2. The summed E-state index contributed by atoms with van der Waals surface area (Å²) >= 11 is 0. The number of hydrogen-bond acceptors (Lipinski definition) is 4. The Kier molecular flexibility index (Phi) is 7.42. The van der Waals surface area contributed by atoms with Crippen LogP contribution >= 0.6 is 0 Å². The largest absolute Gasteiger partial charge is 0.487 e. The van der Waals surface area contributed by atoms with Gasteiger partial charge in [-0.1, -0.05) is 51.1 Å². The molecule has 6 nitrogen and oxygen atoms in total. The van der Waals surface area contributed by atoms with Crippen molar-refractivity contribution in [3.05, 3.63) is 59.2 Å². The first-order valence-electron chi connectivity index (χ1n) is 11.7. The quantitative estimate of drug-likeness (QED) is 0.584. The van der Waals surface area contributed by atoms with Crippen molar-refractivity contribution in [2.24, 2.45) is 0 Å². The van der Waals surface area contributed by atoms with Crippen molar-refractivity contribution in [2.45, 2.75) is 78.0 Å². The SMILES string of the molecule is CC[C@@H](C(=O)N[C@@H]1CC(CC)(CC)Oc2ccccc21)N(c1cc(C)ccc1C)S(C)(=O)=O. The van der Waals surface area contributed by atoms with E-state index in [2.05, 4.69) is 19.2 Å². The van der Waals surface area contributed by atoms with E-state index in [1.807, 2.05) is 63.2 Å². The number of amides is 1. The van der Waals surface area contributed by atoms with Gasteiger partial charge in [0.25, 0.3) is 0 Å². The number of benzene rings is 2. The van der Waals surface area contributed by atoms with E-state index in [0.29, 0.717) is 18.5 Å². The van der Waals surface area contributed by atoms with E-state index in [0.717, 1.165) is 41.5 Å². The molecule has 0 unspecified atom stereocenters. The second kappa shape index (κ2) is 9.75. The normalized spacial score (nSPS) is 18.1. The van der Waals surface area contributed by atoms with Gasteiger partial charge in [-0.05, 0) is 56.4 Å². The molecule has 1 aliphatic rings. The minimum Gasteiger partial charge on any atom is -0.487 e. The molecule has 0 saturated carbocycles. The van der Waals surface area contributed by atoms with E-state index >= 15 is 0 Å². The van der Waals surface area contributed by atoms with Gasteiger partial charge in [-0.2, -0.15) is 0 Å². The van der Waals surface area contributed by atoms with Gasteiger partial charge in [0.1, 0.15) is 17.4 Å². The summed E-state index contributed by atoms with van der Waals surface area (Å²) in [5.41, 5.74) is 2.86. The van der Waals surface area contributed by atoms with Crippen LogP contribution in [0.4, 0.5) is 5.69 Å². The van der Waals surface area contributed by atoms with Gasteiger partial charge in [-0.3, -0.25) is 9.10 Å². The molecular weight excluding hydrogens is 436 g/mol. The summed E-state index contributed by atoms with van der Waals surface area (Å²) in [4.78, 5) is 13.6. The van der Waals surface area contributed by atoms with Crippen LogP contribution in [0.15, 0.2) is 42.5 Å². The maximum atomic E-state index is 13.6. The van der Waals surface area contributed by atoms with Gasteiger partial charge in [-0.15, -0.1) is 0 Å². The molecule has 1 heterocycles. The van der Waals surface area contributed by atoms with Crippen molar-refractivity contribution in [1.82, 2.24) is 5.32 Å². The molecule has 0 saturated heterocycles. The van der Waals surface area contributed by atoms with Crippen LogP contribution in [0.25, 0.3) is 0 Å². The number of aryl methyl sites for hydroxylation is 2. The lowest BCUT2D eigenvalue weighted by atomic mass is 9.83. The van der Waals surface area contributed by atoms with Gasteiger partial charge >= 0.3 is 0 Å². The molecule has 1 N–H and O–H groups in total. The zero-order chi connectivity index (χ0) is 24.4. The van der Waals surface area contributed by atoms with E-state index in [4.69, 9.17) is 4.74 Å². The van der Waals surface area contributed by atoms with Crippen molar-refractivity contribution < 1.29 is 17.9 Å². The summed E-state index contributed by atoms with van der Waals surface area (Å²) in [5, 5.41) is 3.18. The smallest absolute Gasteiger partial charge is 0.244 e. The van der Waals surface area contributed by atoms with E-state index in [1.165, 1.54) is 4.31 Å².